The first-order chi connectivity index (χ1) is 17.6. The van der Waals surface area contributed by atoms with Crippen LogP contribution in [-0.2, 0) is 28.6 Å². The number of esters is 3. The Hall–Kier alpha value is -1.59. The predicted octanol–water partition coefficient (Wildman–Crippen LogP) is 6.88. The van der Waals surface area contributed by atoms with Crippen LogP contribution in [0.15, 0.2) is 0 Å². The molecule has 4 saturated carbocycles. The molecule has 0 amide bonds. The van der Waals surface area contributed by atoms with E-state index in [1.165, 1.54) is 26.2 Å². The van der Waals surface area contributed by atoms with Crippen LogP contribution in [0.3, 0.4) is 0 Å². The molecule has 6 heteroatoms. The van der Waals surface area contributed by atoms with E-state index in [9.17, 15) is 14.4 Å². The first kappa shape index (κ1) is 29.4. The third kappa shape index (κ3) is 5.66. The Morgan fingerprint density at radius 2 is 1.58 bits per heavy atom. The maximum atomic E-state index is 12.5. The average Bonchev–Trinajstić information content (AvgIpc) is 3.15. The Morgan fingerprint density at radius 3 is 2.21 bits per heavy atom. The van der Waals surface area contributed by atoms with Gasteiger partial charge in [0.1, 0.15) is 17.8 Å². The van der Waals surface area contributed by atoms with E-state index in [0.717, 1.165) is 38.5 Å². The fraction of sp³-hybridized carbons (Fsp3) is 0.906. The summed E-state index contributed by atoms with van der Waals surface area (Å²) in [6, 6.07) is 0. The summed E-state index contributed by atoms with van der Waals surface area (Å²) in [5.74, 6) is 2.55. The Bertz CT molecular complexity index is 906. The summed E-state index contributed by atoms with van der Waals surface area (Å²) >= 11 is 0. The zero-order valence-electron chi connectivity index (χ0n) is 25.1. The summed E-state index contributed by atoms with van der Waals surface area (Å²) < 4.78 is 17.5. The van der Waals surface area contributed by atoms with Gasteiger partial charge >= 0.3 is 17.9 Å². The van der Waals surface area contributed by atoms with Gasteiger partial charge in [-0.1, -0.05) is 20.8 Å². The van der Waals surface area contributed by atoms with Gasteiger partial charge in [0.05, 0.1) is 0 Å². The van der Waals surface area contributed by atoms with Gasteiger partial charge in [-0.25, -0.2) is 0 Å². The summed E-state index contributed by atoms with van der Waals surface area (Å²) in [5.41, 5.74) is -0.339. The third-order valence-electron chi connectivity index (χ3n) is 11.3. The lowest BCUT2D eigenvalue weighted by Gasteiger charge is -2.62. The summed E-state index contributed by atoms with van der Waals surface area (Å²) in [6.07, 6.45) is 9.79. The van der Waals surface area contributed by atoms with Crippen molar-refractivity contribution in [3.63, 3.8) is 0 Å². The van der Waals surface area contributed by atoms with Gasteiger partial charge in [0.2, 0.25) is 0 Å². The van der Waals surface area contributed by atoms with Crippen molar-refractivity contribution < 1.29 is 28.6 Å². The van der Waals surface area contributed by atoms with Crippen molar-refractivity contribution in [2.45, 2.75) is 137 Å². The molecule has 10 atom stereocenters. The number of hydrogen-bond donors (Lipinski definition) is 0. The van der Waals surface area contributed by atoms with Crippen molar-refractivity contribution in [2.75, 3.05) is 0 Å². The van der Waals surface area contributed by atoms with Crippen molar-refractivity contribution in [3.05, 3.63) is 0 Å². The number of rotatable bonds is 6. The first-order valence-electron chi connectivity index (χ1n) is 15.2. The molecule has 0 bridgehead atoms. The molecule has 0 N–H and O–H groups in total. The second kappa shape index (κ2) is 10.8. The number of ether oxygens (including phenoxy) is 3. The smallest absolute Gasteiger partial charge is 0.306 e. The molecule has 0 radical (unpaired) electrons. The van der Waals surface area contributed by atoms with Crippen LogP contribution in [0.5, 0.6) is 0 Å². The topological polar surface area (TPSA) is 78.9 Å². The van der Waals surface area contributed by atoms with E-state index in [1.807, 2.05) is 20.8 Å². The molecule has 4 fully saturated rings. The van der Waals surface area contributed by atoms with Gasteiger partial charge in [-0.3, -0.25) is 14.4 Å². The van der Waals surface area contributed by atoms with Gasteiger partial charge in [0, 0.05) is 25.7 Å². The minimum atomic E-state index is -0.462. The number of fused-ring (bicyclic) bond motifs is 5. The molecule has 0 aromatic rings. The lowest BCUT2D eigenvalue weighted by molar-refractivity contribution is -0.197. The van der Waals surface area contributed by atoms with E-state index in [1.54, 1.807) is 6.92 Å². The molecule has 4 aliphatic carbocycles. The van der Waals surface area contributed by atoms with Crippen molar-refractivity contribution in [2.24, 2.45) is 46.3 Å². The highest BCUT2D eigenvalue weighted by atomic mass is 16.6. The molecule has 0 heterocycles. The van der Waals surface area contributed by atoms with E-state index >= 15 is 0 Å². The van der Waals surface area contributed by atoms with Crippen molar-refractivity contribution in [3.8, 4) is 0 Å². The van der Waals surface area contributed by atoms with Crippen LogP contribution in [0.25, 0.3) is 0 Å². The number of carbonyl (C=O) groups is 3. The van der Waals surface area contributed by atoms with Gasteiger partial charge in [-0.15, -0.1) is 0 Å². The molecule has 10 unspecified atom stereocenters. The van der Waals surface area contributed by atoms with Crippen LogP contribution in [0, 0.1) is 46.3 Å². The maximum absolute atomic E-state index is 12.5. The summed E-state index contributed by atoms with van der Waals surface area (Å²) in [4.78, 5) is 36.5. The zero-order chi connectivity index (χ0) is 28.0. The molecule has 0 saturated heterocycles. The highest BCUT2D eigenvalue weighted by Gasteiger charge is 2.65. The van der Waals surface area contributed by atoms with Crippen LogP contribution in [0.4, 0.5) is 0 Å². The fourth-order valence-corrected chi connectivity index (χ4v) is 9.77. The molecular weight excluding hydrogens is 480 g/mol. The van der Waals surface area contributed by atoms with Gasteiger partial charge in [0.15, 0.2) is 0 Å². The second-order valence-electron chi connectivity index (χ2n) is 14.6. The Balaban J connectivity index is 1.53. The van der Waals surface area contributed by atoms with Crippen LogP contribution >= 0.6 is 0 Å². The first-order valence-corrected chi connectivity index (χ1v) is 15.2. The van der Waals surface area contributed by atoms with Crippen molar-refractivity contribution in [1.82, 2.24) is 0 Å². The molecule has 0 aliphatic heterocycles. The van der Waals surface area contributed by atoms with Gasteiger partial charge in [-0.2, -0.15) is 0 Å². The molecular formula is C32H52O6. The summed E-state index contributed by atoms with van der Waals surface area (Å²) in [5, 5.41) is 0. The molecule has 216 valence electrons. The normalized spacial score (nSPS) is 41.2. The molecule has 0 aromatic heterocycles. The van der Waals surface area contributed by atoms with E-state index < -0.39 is 5.60 Å². The van der Waals surface area contributed by atoms with Gasteiger partial charge < -0.3 is 14.2 Å². The second-order valence-corrected chi connectivity index (χ2v) is 14.6. The number of carbonyl (C=O) groups excluding carboxylic acids is 3. The zero-order valence-corrected chi connectivity index (χ0v) is 25.1. The van der Waals surface area contributed by atoms with Crippen LogP contribution in [0.1, 0.15) is 120 Å². The summed E-state index contributed by atoms with van der Waals surface area (Å²) in [6.45, 7) is 16.0. The molecule has 6 nitrogen and oxygen atoms in total. The SMILES string of the molecule is CC(=O)OC1CCC2(C)C(CCC3C2CC(OC(C)=O)C2(C)C(C(C)CCC(=O)OC(C)(C)C)CCC32)C1. The number of hydrogen-bond acceptors (Lipinski definition) is 6. The van der Waals surface area contributed by atoms with E-state index in [2.05, 4.69) is 20.8 Å². The van der Waals surface area contributed by atoms with Crippen molar-refractivity contribution in [1.29, 1.82) is 0 Å². The largest absolute Gasteiger partial charge is 0.463 e. The lowest BCUT2D eigenvalue weighted by Crippen LogP contribution is -2.59. The standard InChI is InChI=1S/C32H52O6/c1-19(9-14-29(35)38-30(4,5)6)25-12-13-26-24-11-10-22-17-23(36-20(2)33)15-16-31(22,7)27(24)18-28(32(25,26)8)37-21(3)34/h19,22-28H,9-18H2,1-8H3. The molecule has 0 spiro atoms. The van der Waals surface area contributed by atoms with Crippen molar-refractivity contribution >= 4 is 17.9 Å². The van der Waals surface area contributed by atoms with Crippen LogP contribution in [0.2, 0.25) is 0 Å². The Kier molecular flexibility index (Phi) is 8.33. The minimum Gasteiger partial charge on any atom is -0.463 e. The van der Waals surface area contributed by atoms with Gasteiger partial charge in [0.25, 0.3) is 0 Å². The molecule has 4 rings (SSSR count). The molecule has 38 heavy (non-hydrogen) atoms. The van der Waals surface area contributed by atoms with Crippen LogP contribution in [-0.4, -0.2) is 35.7 Å². The Morgan fingerprint density at radius 1 is 0.895 bits per heavy atom. The highest BCUT2D eigenvalue weighted by Crippen LogP contribution is 2.69. The molecule has 0 aromatic carbocycles. The van der Waals surface area contributed by atoms with Crippen LogP contribution < -0.4 is 0 Å². The summed E-state index contributed by atoms with van der Waals surface area (Å²) in [7, 11) is 0. The van der Waals surface area contributed by atoms with E-state index in [0.29, 0.717) is 41.9 Å². The van der Waals surface area contributed by atoms with E-state index in [-0.39, 0.29) is 40.9 Å². The molecule has 4 aliphatic rings. The fourth-order valence-electron chi connectivity index (χ4n) is 9.77. The lowest BCUT2D eigenvalue weighted by atomic mass is 9.43. The quantitative estimate of drug-likeness (QED) is 0.274. The monoisotopic (exact) mass is 532 g/mol. The highest BCUT2D eigenvalue weighted by molar-refractivity contribution is 5.69. The Labute approximate surface area is 230 Å². The van der Waals surface area contributed by atoms with Gasteiger partial charge in [-0.05, 0) is 119 Å². The third-order valence-corrected chi connectivity index (χ3v) is 11.3. The van der Waals surface area contributed by atoms with E-state index in [4.69, 9.17) is 14.2 Å². The average molecular weight is 533 g/mol. The predicted molar refractivity (Wildman–Crippen MR) is 146 cm³/mol. The minimum absolute atomic E-state index is 0.0435. The maximum Gasteiger partial charge on any atom is 0.306 e.